The van der Waals surface area contributed by atoms with Crippen molar-refractivity contribution < 1.29 is 14.3 Å². The van der Waals surface area contributed by atoms with Crippen LogP contribution in [-0.4, -0.2) is 43.0 Å². The van der Waals surface area contributed by atoms with Gasteiger partial charge in [-0.25, -0.2) is 0 Å². The standard InChI is InChI=1S/C17H22N2O3/c1-12(17(21)19(2)14-7-8-14)18-16(20)11-6-13-4-9-15(22-3)10-5-13/h4-6,9-12,14H,7-8H2,1-3H3,(H,18,20). The van der Waals surface area contributed by atoms with Gasteiger partial charge in [-0.2, -0.15) is 0 Å². The third-order valence-corrected chi connectivity index (χ3v) is 3.71. The Hall–Kier alpha value is -2.30. The van der Waals surface area contributed by atoms with E-state index in [1.807, 2.05) is 24.3 Å². The number of methoxy groups -OCH3 is 1. The number of rotatable bonds is 6. The van der Waals surface area contributed by atoms with Crippen LogP contribution in [0.1, 0.15) is 25.3 Å². The lowest BCUT2D eigenvalue weighted by Gasteiger charge is -2.21. The lowest BCUT2D eigenvalue weighted by Crippen LogP contribution is -2.45. The Morgan fingerprint density at radius 2 is 1.95 bits per heavy atom. The monoisotopic (exact) mass is 302 g/mol. The molecule has 1 aromatic rings. The van der Waals surface area contributed by atoms with Crippen LogP contribution in [0.25, 0.3) is 6.08 Å². The summed E-state index contributed by atoms with van der Waals surface area (Å²) in [5, 5.41) is 2.69. The number of nitrogens with one attached hydrogen (secondary N) is 1. The summed E-state index contributed by atoms with van der Waals surface area (Å²) >= 11 is 0. The molecule has 0 aromatic heterocycles. The molecule has 0 radical (unpaired) electrons. The highest BCUT2D eigenvalue weighted by Gasteiger charge is 2.31. The molecule has 1 aromatic carbocycles. The molecule has 0 spiro atoms. The van der Waals surface area contributed by atoms with Gasteiger partial charge in [0.2, 0.25) is 11.8 Å². The van der Waals surface area contributed by atoms with E-state index in [4.69, 9.17) is 4.74 Å². The lowest BCUT2D eigenvalue weighted by atomic mass is 10.2. The fourth-order valence-corrected chi connectivity index (χ4v) is 2.16. The van der Waals surface area contributed by atoms with Crippen LogP contribution in [0.15, 0.2) is 30.3 Å². The second-order valence-electron chi connectivity index (χ2n) is 5.52. The van der Waals surface area contributed by atoms with E-state index in [2.05, 4.69) is 5.32 Å². The maximum Gasteiger partial charge on any atom is 0.244 e. The predicted molar refractivity (Wildman–Crippen MR) is 85.4 cm³/mol. The van der Waals surface area contributed by atoms with Crippen LogP contribution in [0.2, 0.25) is 0 Å². The Labute approximate surface area is 130 Å². The number of amides is 2. The molecule has 2 rings (SSSR count). The largest absolute Gasteiger partial charge is 0.497 e. The van der Waals surface area contributed by atoms with Crippen LogP contribution in [0.3, 0.4) is 0 Å². The molecule has 1 N–H and O–H groups in total. The molecule has 1 aliphatic rings. The van der Waals surface area contributed by atoms with Crippen molar-refractivity contribution in [3.63, 3.8) is 0 Å². The Morgan fingerprint density at radius 3 is 2.50 bits per heavy atom. The van der Waals surface area contributed by atoms with Crippen LogP contribution < -0.4 is 10.1 Å². The van der Waals surface area contributed by atoms with Crippen LogP contribution >= 0.6 is 0 Å². The quantitative estimate of drug-likeness (QED) is 0.816. The van der Waals surface area contributed by atoms with Crippen molar-refractivity contribution in [1.82, 2.24) is 10.2 Å². The number of likely N-dealkylation sites (N-methyl/N-ethyl adjacent to an activating group) is 1. The highest BCUT2D eigenvalue weighted by Crippen LogP contribution is 2.25. The molecule has 1 saturated carbocycles. The van der Waals surface area contributed by atoms with Crippen molar-refractivity contribution in [2.75, 3.05) is 14.2 Å². The molecule has 1 aliphatic carbocycles. The number of benzene rings is 1. The minimum Gasteiger partial charge on any atom is -0.497 e. The molecule has 118 valence electrons. The minimum atomic E-state index is -0.515. The average Bonchev–Trinajstić information content (AvgIpc) is 3.36. The normalized spacial score (nSPS) is 15.4. The predicted octanol–water partition coefficient (Wildman–Crippen LogP) is 1.83. The van der Waals surface area contributed by atoms with Crippen molar-refractivity contribution >= 4 is 17.9 Å². The first-order chi connectivity index (χ1) is 10.5. The van der Waals surface area contributed by atoms with Crippen LogP contribution in [-0.2, 0) is 9.59 Å². The van der Waals surface area contributed by atoms with Gasteiger partial charge in [0.25, 0.3) is 0 Å². The zero-order valence-electron chi connectivity index (χ0n) is 13.2. The van der Waals surface area contributed by atoms with Gasteiger partial charge in [0.1, 0.15) is 11.8 Å². The topological polar surface area (TPSA) is 58.6 Å². The van der Waals surface area contributed by atoms with Gasteiger partial charge in [0.05, 0.1) is 7.11 Å². The summed E-state index contributed by atoms with van der Waals surface area (Å²) in [5.41, 5.74) is 0.894. The molecule has 1 unspecified atom stereocenters. The van der Waals surface area contributed by atoms with Gasteiger partial charge in [-0.15, -0.1) is 0 Å². The van der Waals surface area contributed by atoms with Gasteiger partial charge in [0, 0.05) is 19.2 Å². The van der Waals surface area contributed by atoms with Crippen LogP contribution in [0, 0.1) is 0 Å². The van der Waals surface area contributed by atoms with Crippen molar-refractivity contribution in [3.8, 4) is 5.75 Å². The molecule has 0 bridgehead atoms. The Kier molecular flexibility index (Phi) is 5.20. The molecule has 5 nitrogen and oxygen atoms in total. The third-order valence-electron chi connectivity index (χ3n) is 3.71. The summed E-state index contributed by atoms with van der Waals surface area (Å²) in [6.45, 7) is 1.71. The van der Waals surface area contributed by atoms with E-state index in [1.165, 1.54) is 6.08 Å². The van der Waals surface area contributed by atoms with Gasteiger partial charge in [-0.1, -0.05) is 12.1 Å². The first kappa shape index (κ1) is 16.1. The van der Waals surface area contributed by atoms with Gasteiger partial charge < -0.3 is 15.0 Å². The molecule has 22 heavy (non-hydrogen) atoms. The van der Waals surface area contributed by atoms with Gasteiger partial charge >= 0.3 is 0 Å². The maximum absolute atomic E-state index is 12.1. The molecule has 2 amide bonds. The Bertz CT molecular complexity index is 562. The van der Waals surface area contributed by atoms with Crippen molar-refractivity contribution in [2.24, 2.45) is 0 Å². The molecule has 5 heteroatoms. The Balaban J connectivity index is 1.85. The first-order valence-electron chi connectivity index (χ1n) is 7.40. The number of carbonyl (C=O) groups excluding carboxylic acids is 2. The summed E-state index contributed by atoms with van der Waals surface area (Å²) in [6, 6.07) is 7.21. The Morgan fingerprint density at radius 1 is 1.32 bits per heavy atom. The van der Waals surface area contributed by atoms with E-state index in [0.29, 0.717) is 6.04 Å². The van der Waals surface area contributed by atoms with E-state index >= 15 is 0 Å². The van der Waals surface area contributed by atoms with Crippen LogP contribution in [0.4, 0.5) is 0 Å². The summed E-state index contributed by atoms with van der Waals surface area (Å²) < 4.78 is 5.07. The maximum atomic E-state index is 12.1. The third kappa shape index (κ3) is 4.35. The summed E-state index contributed by atoms with van der Waals surface area (Å²) in [6.07, 6.45) is 5.25. The lowest BCUT2D eigenvalue weighted by molar-refractivity contribution is -0.134. The van der Waals surface area contributed by atoms with Crippen molar-refractivity contribution in [1.29, 1.82) is 0 Å². The number of ether oxygens (including phenoxy) is 1. The number of nitrogens with zero attached hydrogens (tertiary/aromatic N) is 1. The number of carbonyl (C=O) groups is 2. The van der Waals surface area contributed by atoms with E-state index < -0.39 is 6.04 Å². The van der Waals surface area contributed by atoms with E-state index in [-0.39, 0.29) is 11.8 Å². The minimum absolute atomic E-state index is 0.0475. The fourth-order valence-electron chi connectivity index (χ4n) is 2.16. The van der Waals surface area contributed by atoms with E-state index in [1.54, 1.807) is 32.1 Å². The second-order valence-corrected chi connectivity index (χ2v) is 5.52. The molecule has 0 heterocycles. The van der Waals surface area contributed by atoms with Gasteiger partial charge in [-0.05, 0) is 43.5 Å². The summed E-state index contributed by atoms with van der Waals surface area (Å²) in [5.74, 6) is 0.443. The van der Waals surface area contributed by atoms with Crippen LogP contribution in [0.5, 0.6) is 5.75 Å². The molecular weight excluding hydrogens is 280 g/mol. The smallest absolute Gasteiger partial charge is 0.244 e. The number of hydrogen-bond acceptors (Lipinski definition) is 3. The molecule has 1 atom stereocenters. The first-order valence-corrected chi connectivity index (χ1v) is 7.40. The second kappa shape index (κ2) is 7.11. The molecule has 0 saturated heterocycles. The molecular formula is C17H22N2O3. The van der Waals surface area contributed by atoms with Gasteiger partial charge in [0.15, 0.2) is 0 Å². The highest BCUT2D eigenvalue weighted by molar-refractivity contribution is 5.95. The summed E-state index contributed by atoms with van der Waals surface area (Å²) in [4.78, 5) is 25.7. The summed E-state index contributed by atoms with van der Waals surface area (Å²) in [7, 11) is 3.39. The highest BCUT2D eigenvalue weighted by atomic mass is 16.5. The fraction of sp³-hybridized carbons (Fsp3) is 0.412. The van der Waals surface area contributed by atoms with E-state index in [0.717, 1.165) is 24.2 Å². The van der Waals surface area contributed by atoms with Gasteiger partial charge in [-0.3, -0.25) is 9.59 Å². The number of hydrogen-bond donors (Lipinski definition) is 1. The zero-order valence-corrected chi connectivity index (χ0v) is 13.2. The molecule has 0 aliphatic heterocycles. The van der Waals surface area contributed by atoms with Crippen molar-refractivity contribution in [3.05, 3.63) is 35.9 Å². The van der Waals surface area contributed by atoms with Crippen molar-refractivity contribution in [2.45, 2.75) is 31.8 Å². The van der Waals surface area contributed by atoms with E-state index in [9.17, 15) is 9.59 Å². The SMILES string of the molecule is COc1ccc(C=CC(=O)NC(C)C(=O)N(C)C2CC2)cc1. The average molecular weight is 302 g/mol. The zero-order chi connectivity index (χ0) is 16.1. The molecule has 1 fully saturated rings.